The van der Waals surface area contributed by atoms with E-state index < -0.39 is 0 Å². The fraction of sp³-hybridized carbons (Fsp3) is 0.571. The summed E-state index contributed by atoms with van der Waals surface area (Å²) in [5.74, 6) is 0.724. The number of thioether (sulfide) groups is 1. The Balaban J connectivity index is 0.00000144. The number of benzene rings is 1. The summed E-state index contributed by atoms with van der Waals surface area (Å²) in [6.07, 6.45) is 2.60. The number of rotatable bonds is 3. The molecule has 0 saturated heterocycles. The zero-order chi connectivity index (χ0) is 11.8. The Labute approximate surface area is 115 Å². The van der Waals surface area contributed by atoms with Crippen molar-refractivity contribution < 1.29 is 0 Å². The predicted molar refractivity (Wildman–Crippen MR) is 79.0 cm³/mol. The molecule has 0 heterocycles. The van der Waals surface area contributed by atoms with Crippen LogP contribution in [0.15, 0.2) is 29.2 Å². The fourth-order valence-corrected chi connectivity index (χ4v) is 3.02. The van der Waals surface area contributed by atoms with E-state index in [4.69, 9.17) is 5.73 Å². The monoisotopic (exact) mass is 271 g/mol. The highest BCUT2D eigenvalue weighted by Gasteiger charge is 2.31. The van der Waals surface area contributed by atoms with E-state index in [1.165, 1.54) is 23.3 Å². The third-order valence-corrected chi connectivity index (χ3v) is 4.03. The average Bonchev–Trinajstić information content (AvgIpc) is 2.98. The van der Waals surface area contributed by atoms with Crippen LogP contribution in [-0.4, -0.2) is 4.75 Å². The molecule has 1 aromatic rings. The summed E-state index contributed by atoms with van der Waals surface area (Å²) >= 11 is 1.92. The van der Waals surface area contributed by atoms with Crippen molar-refractivity contribution in [3.63, 3.8) is 0 Å². The summed E-state index contributed by atoms with van der Waals surface area (Å²) in [5, 5.41) is 0. The first kappa shape index (κ1) is 14.9. The zero-order valence-corrected chi connectivity index (χ0v) is 12.4. The minimum atomic E-state index is 0. The molecule has 1 atom stereocenters. The molecular formula is C14H22ClNS. The number of hydrogen-bond acceptors (Lipinski definition) is 2. The first-order chi connectivity index (χ1) is 7.47. The van der Waals surface area contributed by atoms with E-state index in [2.05, 4.69) is 45.0 Å². The maximum absolute atomic E-state index is 6.31. The molecule has 1 aromatic carbocycles. The number of hydrogen-bond donors (Lipinski definition) is 1. The van der Waals surface area contributed by atoms with E-state index in [0.29, 0.717) is 0 Å². The topological polar surface area (TPSA) is 26.0 Å². The van der Waals surface area contributed by atoms with Gasteiger partial charge in [0.1, 0.15) is 0 Å². The summed E-state index contributed by atoms with van der Waals surface area (Å²) in [5.41, 5.74) is 7.64. The second-order valence-corrected chi connectivity index (χ2v) is 7.48. The molecule has 1 aliphatic rings. The second kappa shape index (κ2) is 5.64. The predicted octanol–water partition coefficient (Wildman–Crippen LogP) is 4.41. The van der Waals surface area contributed by atoms with Crippen LogP contribution in [0.2, 0.25) is 0 Å². The van der Waals surface area contributed by atoms with Crippen LogP contribution in [0.3, 0.4) is 0 Å². The Morgan fingerprint density at radius 3 is 2.35 bits per heavy atom. The Kier molecular flexibility index (Phi) is 4.94. The van der Waals surface area contributed by atoms with Gasteiger partial charge in [-0.3, -0.25) is 0 Å². The van der Waals surface area contributed by atoms with Gasteiger partial charge in [0, 0.05) is 15.7 Å². The van der Waals surface area contributed by atoms with Gasteiger partial charge in [-0.25, -0.2) is 0 Å². The summed E-state index contributed by atoms with van der Waals surface area (Å²) in [7, 11) is 0. The van der Waals surface area contributed by atoms with Gasteiger partial charge in [0.25, 0.3) is 0 Å². The third-order valence-electron chi connectivity index (χ3n) is 2.82. The van der Waals surface area contributed by atoms with Crippen LogP contribution in [0.5, 0.6) is 0 Å². The molecule has 0 radical (unpaired) electrons. The van der Waals surface area contributed by atoms with Crippen molar-refractivity contribution in [2.75, 3.05) is 0 Å². The van der Waals surface area contributed by atoms with E-state index >= 15 is 0 Å². The minimum Gasteiger partial charge on any atom is -0.324 e. The molecule has 0 aliphatic heterocycles. The van der Waals surface area contributed by atoms with E-state index in [1.807, 2.05) is 11.8 Å². The molecule has 96 valence electrons. The van der Waals surface area contributed by atoms with Crippen molar-refractivity contribution in [1.29, 1.82) is 0 Å². The SMILES string of the molecule is CC(C)(C)Sc1ccccc1[C@H](N)C1CC1.Cl. The van der Waals surface area contributed by atoms with Crippen LogP contribution in [0.1, 0.15) is 45.2 Å². The molecule has 0 amide bonds. The molecule has 17 heavy (non-hydrogen) atoms. The lowest BCUT2D eigenvalue weighted by atomic mass is 10.0. The van der Waals surface area contributed by atoms with Gasteiger partial charge >= 0.3 is 0 Å². The third kappa shape index (κ3) is 4.20. The number of nitrogens with two attached hydrogens (primary N) is 1. The summed E-state index contributed by atoms with van der Waals surface area (Å²) in [6.45, 7) is 6.74. The van der Waals surface area contributed by atoms with Crippen molar-refractivity contribution in [2.45, 2.75) is 49.3 Å². The zero-order valence-electron chi connectivity index (χ0n) is 10.8. The van der Waals surface area contributed by atoms with Gasteiger partial charge in [-0.2, -0.15) is 0 Å². The molecule has 2 rings (SSSR count). The second-order valence-electron chi connectivity index (χ2n) is 5.62. The van der Waals surface area contributed by atoms with Crippen LogP contribution in [-0.2, 0) is 0 Å². The quantitative estimate of drug-likeness (QED) is 0.824. The van der Waals surface area contributed by atoms with E-state index in [9.17, 15) is 0 Å². The van der Waals surface area contributed by atoms with Gasteiger partial charge in [0.2, 0.25) is 0 Å². The van der Waals surface area contributed by atoms with Crippen LogP contribution in [0, 0.1) is 5.92 Å². The van der Waals surface area contributed by atoms with Crippen molar-refractivity contribution in [3.05, 3.63) is 29.8 Å². The summed E-state index contributed by atoms with van der Waals surface area (Å²) in [4.78, 5) is 1.36. The smallest absolute Gasteiger partial charge is 0.0334 e. The lowest BCUT2D eigenvalue weighted by Crippen LogP contribution is -2.15. The summed E-state index contributed by atoms with van der Waals surface area (Å²) in [6, 6.07) is 8.84. The van der Waals surface area contributed by atoms with Crippen LogP contribution < -0.4 is 5.73 Å². The van der Waals surface area contributed by atoms with Crippen LogP contribution in [0.4, 0.5) is 0 Å². The normalized spacial score (nSPS) is 17.4. The maximum Gasteiger partial charge on any atom is 0.0334 e. The Hall–Kier alpha value is -0.180. The van der Waals surface area contributed by atoms with Gasteiger partial charge in [0.05, 0.1) is 0 Å². The highest BCUT2D eigenvalue weighted by atomic mass is 35.5. The van der Waals surface area contributed by atoms with Gasteiger partial charge < -0.3 is 5.73 Å². The minimum absolute atomic E-state index is 0. The highest BCUT2D eigenvalue weighted by molar-refractivity contribution is 8.00. The van der Waals surface area contributed by atoms with Crippen molar-refractivity contribution in [3.8, 4) is 0 Å². The Bertz CT molecular complexity index is 369. The molecule has 0 unspecified atom stereocenters. The van der Waals surface area contributed by atoms with E-state index in [-0.39, 0.29) is 23.2 Å². The molecule has 0 spiro atoms. The fourth-order valence-electron chi connectivity index (χ4n) is 1.89. The number of halogens is 1. The van der Waals surface area contributed by atoms with Gasteiger partial charge in [-0.1, -0.05) is 39.0 Å². The van der Waals surface area contributed by atoms with Gasteiger partial charge in [-0.15, -0.1) is 24.2 Å². The molecule has 3 heteroatoms. The lowest BCUT2D eigenvalue weighted by Gasteiger charge is -2.22. The Morgan fingerprint density at radius 1 is 1.24 bits per heavy atom. The van der Waals surface area contributed by atoms with Crippen molar-refractivity contribution in [1.82, 2.24) is 0 Å². The molecule has 1 fully saturated rings. The first-order valence-corrected chi connectivity index (χ1v) is 6.82. The highest BCUT2D eigenvalue weighted by Crippen LogP contribution is 2.43. The van der Waals surface area contributed by atoms with Crippen molar-refractivity contribution >= 4 is 24.2 Å². The summed E-state index contributed by atoms with van der Waals surface area (Å²) < 4.78 is 0.249. The maximum atomic E-state index is 6.31. The van der Waals surface area contributed by atoms with Gasteiger partial charge in [-0.05, 0) is 30.4 Å². The molecule has 2 N–H and O–H groups in total. The van der Waals surface area contributed by atoms with Crippen LogP contribution in [0.25, 0.3) is 0 Å². The van der Waals surface area contributed by atoms with E-state index in [0.717, 1.165) is 5.92 Å². The molecule has 1 aliphatic carbocycles. The van der Waals surface area contributed by atoms with Crippen molar-refractivity contribution in [2.24, 2.45) is 11.7 Å². The lowest BCUT2D eigenvalue weighted by molar-refractivity contribution is 0.622. The first-order valence-electron chi connectivity index (χ1n) is 6.01. The molecule has 1 nitrogen and oxygen atoms in total. The standard InChI is InChI=1S/C14H21NS.ClH/c1-14(2,3)16-12-7-5-4-6-11(12)13(15)10-8-9-10;/h4-7,10,13H,8-9,15H2,1-3H3;1H/t13-;/m1./s1. The molecule has 1 saturated carbocycles. The van der Waals surface area contributed by atoms with Gasteiger partial charge in [0.15, 0.2) is 0 Å². The molecule has 0 aromatic heterocycles. The Morgan fingerprint density at radius 2 is 1.82 bits per heavy atom. The largest absolute Gasteiger partial charge is 0.324 e. The van der Waals surface area contributed by atoms with E-state index in [1.54, 1.807) is 0 Å². The average molecular weight is 272 g/mol. The molecule has 0 bridgehead atoms. The molecular weight excluding hydrogens is 250 g/mol. The van der Waals surface area contributed by atoms with Crippen LogP contribution >= 0.6 is 24.2 Å².